The minimum absolute atomic E-state index is 0. The van der Waals surface area contributed by atoms with E-state index in [-0.39, 0.29) is 30.5 Å². The summed E-state index contributed by atoms with van der Waals surface area (Å²) in [5.41, 5.74) is 0. The largest absolute Gasteiger partial charge is 0.493 e. The van der Waals surface area contributed by atoms with Crippen LogP contribution in [0.1, 0.15) is 12.8 Å². The highest BCUT2D eigenvalue weighted by atomic mass is 35.5. The topological polar surface area (TPSA) is 76.7 Å². The molecule has 1 unspecified atom stereocenters. The fraction of sp³-hybridized carbons (Fsp3) is 0.571. The van der Waals surface area contributed by atoms with Crippen molar-refractivity contribution in [2.24, 2.45) is 5.92 Å². The molecule has 132 valence electrons. The lowest BCUT2D eigenvalue weighted by Gasteiger charge is -2.13. The average Bonchev–Trinajstić information content (AvgIpc) is 2.99. The predicted molar refractivity (Wildman–Crippen MR) is 87.5 cm³/mol. The van der Waals surface area contributed by atoms with Gasteiger partial charge in [-0.15, -0.1) is 12.4 Å². The molecule has 1 aliphatic rings. The first-order valence-electron chi connectivity index (χ1n) is 7.10. The highest BCUT2D eigenvalue weighted by molar-refractivity contribution is 7.89. The van der Waals surface area contributed by atoms with Crippen molar-refractivity contribution in [2.75, 3.05) is 33.9 Å². The minimum atomic E-state index is -3.92. The lowest BCUT2D eigenvalue weighted by atomic mass is 10.1. The molecule has 0 radical (unpaired) electrons. The third-order valence-corrected chi connectivity index (χ3v) is 5.21. The van der Waals surface area contributed by atoms with Gasteiger partial charge in [-0.25, -0.2) is 17.5 Å². The molecule has 1 heterocycles. The molecular weight excluding hydrogens is 347 g/mol. The maximum atomic E-state index is 14.0. The van der Waals surface area contributed by atoms with E-state index in [1.165, 1.54) is 14.2 Å². The standard InChI is InChI=1S/C14H21FN2O4S.ClH/c1-20-12-7-11(15)14(8-13(12)21-2)22(18,19)17-6-4-10-3-5-16-9-10;/h7-8,10,16-17H,3-6,9H2,1-2H3;1H. The molecule has 0 aliphatic carbocycles. The first kappa shape index (κ1) is 20.0. The molecule has 9 heteroatoms. The van der Waals surface area contributed by atoms with E-state index in [9.17, 15) is 12.8 Å². The first-order chi connectivity index (χ1) is 10.5. The molecule has 0 saturated carbocycles. The molecule has 1 aromatic carbocycles. The molecule has 2 rings (SSSR count). The van der Waals surface area contributed by atoms with E-state index in [4.69, 9.17) is 9.47 Å². The van der Waals surface area contributed by atoms with E-state index in [1.807, 2.05) is 0 Å². The molecule has 0 bridgehead atoms. The smallest absolute Gasteiger partial charge is 0.243 e. The zero-order chi connectivity index (χ0) is 16.2. The van der Waals surface area contributed by atoms with E-state index in [2.05, 4.69) is 10.0 Å². The van der Waals surface area contributed by atoms with Crippen molar-refractivity contribution in [1.29, 1.82) is 0 Å². The predicted octanol–water partition coefficient (Wildman–Crippen LogP) is 1.54. The van der Waals surface area contributed by atoms with E-state index in [0.717, 1.165) is 38.1 Å². The van der Waals surface area contributed by atoms with Crippen LogP contribution in [0.5, 0.6) is 11.5 Å². The molecule has 0 amide bonds. The zero-order valence-electron chi connectivity index (χ0n) is 13.1. The van der Waals surface area contributed by atoms with Crippen LogP contribution in [-0.4, -0.2) is 42.3 Å². The van der Waals surface area contributed by atoms with Gasteiger partial charge in [0.15, 0.2) is 11.5 Å². The van der Waals surface area contributed by atoms with Gasteiger partial charge in [-0.2, -0.15) is 0 Å². The first-order valence-corrected chi connectivity index (χ1v) is 8.58. The summed E-state index contributed by atoms with van der Waals surface area (Å²) in [5, 5.41) is 3.22. The normalized spacial score (nSPS) is 17.6. The number of rotatable bonds is 7. The molecule has 2 N–H and O–H groups in total. The van der Waals surface area contributed by atoms with Gasteiger partial charge in [-0.05, 0) is 31.8 Å². The van der Waals surface area contributed by atoms with Crippen molar-refractivity contribution in [3.8, 4) is 11.5 Å². The van der Waals surface area contributed by atoms with E-state index in [0.29, 0.717) is 5.92 Å². The van der Waals surface area contributed by atoms with Crippen LogP contribution < -0.4 is 19.5 Å². The Morgan fingerprint density at radius 3 is 2.52 bits per heavy atom. The third-order valence-electron chi connectivity index (χ3n) is 3.73. The number of ether oxygens (including phenoxy) is 2. The summed E-state index contributed by atoms with van der Waals surface area (Å²) >= 11 is 0. The SMILES string of the molecule is COc1cc(F)c(S(=O)(=O)NCCC2CCNC2)cc1OC.Cl. The second-order valence-corrected chi connectivity index (χ2v) is 6.92. The maximum Gasteiger partial charge on any atom is 0.243 e. The number of hydrogen-bond acceptors (Lipinski definition) is 5. The summed E-state index contributed by atoms with van der Waals surface area (Å²) in [4.78, 5) is -0.435. The van der Waals surface area contributed by atoms with Crippen LogP contribution in [0.2, 0.25) is 0 Å². The fourth-order valence-electron chi connectivity index (χ4n) is 2.48. The van der Waals surface area contributed by atoms with Gasteiger partial charge in [-0.1, -0.05) is 0 Å². The summed E-state index contributed by atoms with van der Waals surface area (Å²) in [6.45, 7) is 2.14. The molecule has 0 aromatic heterocycles. The highest BCUT2D eigenvalue weighted by Gasteiger charge is 2.23. The van der Waals surface area contributed by atoms with Gasteiger partial charge in [0.1, 0.15) is 10.7 Å². The maximum absolute atomic E-state index is 14.0. The number of halogens is 2. The van der Waals surface area contributed by atoms with Crippen molar-refractivity contribution >= 4 is 22.4 Å². The van der Waals surface area contributed by atoms with E-state index in [1.54, 1.807) is 0 Å². The van der Waals surface area contributed by atoms with Gasteiger partial charge in [0.25, 0.3) is 0 Å². The van der Waals surface area contributed by atoms with Crippen molar-refractivity contribution in [1.82, 2.24) is 10.0 Å². The number of sulfonamides is 1. The Morgan fingerprint density at radius 2 is 1.96 bits per heavy atom. The molecule has 1 aliphatic heterocycles. The second-order valence-electron chi connectivity index (χ2n) is 5.18. The van der Waals surface area contributed by atoms with Crippen LogP contribution >= 0.6 is 12.4 Å². The molecule has 23 heavy (non-hydrogen) atoms. The average molecular weight is 369 g/mol. The lowest BCUT2D eigenvalue weighted by Crippen LogP contribution is -2.27. The number of benzene rings is 1. The van der Waals surface area contributed by atoms with Crippen molar-refractivity contribution in [3.05, 3.63) is 17.9 Å². The van der Waals surface area contributed by atoms with Gasteiger partial charge in [0.2, 0.25) is 10.0 Å². The molecule has 1 aromatic rings. The Labute approximate surface area is 142 Å². The van der Waals surface area contributed by atoms with Crippen LogP contribution in [0.25, 0.3) is 0 Å². The van der Waals surface area contributed by atoms with Crippen LogP contribution in [0, 0.1) is 11.7 Å². The molecule has 6 nitrogen and oxygen atoms in total. The molecule has 1 atom stereocenters. The summed E-state index contributed by atoms with van der Waals surface area (Å²) in [5.74, 6) is -0.0918. The zero-order valence-corrected chi connectivity index (χ0v) is 14.7. The molecule has 1 fully saturated rings. The van der Waals surface area contributed by atoms with E-state index >= 15 is 0 Å². The fourth-order valence-corrected chi connectivity index (χ4v) is 3.60. The van der Waals surface area contributed by atoms with Crippen LogP contribution in [0.3, 0.4) is 0 Å². The second kappa shape index (κ2) is 8.68. The van der Waals surface area contributed by atoms with Gasteiger partial charge in [-0.3, -0.25) is 0 Å². The Hall–Kier alpha value is -1.09. The number of methoxy groups -OCH3 is 2. The molecule has 0 spiro atoms. The molecule has 1 saturated heterocycles. The number of nitrogens with one attached hydrogen (secondary N) is 2. The van der Waals surface area contributed by atoms with Gasteiger partial charge in [0, 0.05) is 18.7 Å². The summed E-state index contributed by atoms with van der Waals surface area (Å²) in [6.07, 6.45) is 1.76. The minimum Gasteiger partial charge on any atom is -0.493 e. The highest BCUT2D eigenvalue weighted by Crippen LogP contribution is 2.31. The van der Waals surface area contributed by atoms with E-state index < -0.39 is 20.7 Å². The Morgan fingerprint density at radius 1 is 1.30 bits per heavy atom. The van der Waals surface area contributed by atoms with Crippen LogP contribution in [-0.2, 0) is 10.0 Å². The quantitative estimate of drug-likeness (QED) is 0.763. The summed E-state index contributed by atoms with van der Waals surface area (Å²) in [7, 11) is -1.19. The Balaban J connectivity index is 0.00000264. The van der Waals surface area contributed by atoms with Gasteiger partial charge in [0.05, 0.1) is 14.2 Å². The van der Waals surface area contributed by atoms with Crippen LogP contribution in [0.15, 0.2) is 17.0 Å². The molecular formula is C14H22ClFN2O4S. The van der Waals surface area contributed by atoms with Gasteiger partial charge >= 0.3 is 0 Å². The summed E-state index contributed by atoms with van der Waals surface area (Å²) in [6, 6.07) is 2.14. The van der Waals surface area contributed by atoms with Crippen molar-refractivity contribution < 1.29 is 22.3 Å². The van der Waals surface area contributed by atoms with Gasteiger partial charge < -0.3 is 14.8 Å². The monoisotopic (exact) mass is 368 g/mol. The Kier molecular flexibility index (Phi) is 7.53. The third kappa shape index (κ3) is 4.94. The summed E-state index contributed by atoms with van der Waals surface area (Å²) < 4.78 is 50.9. The number of hydrogen-bond donors (Lipinski definition) is 2. The lowest BCUT2D eigenvalue weighted by molar-refractivity contribution is 0.350. The Bertz CT molecular complexity index is 621. The van der Waals surface area contributed by atoms with Crippen molar-refractivity contribution in [3.63, 3.8) is 0 Å². The van der Waals surface area contributed by atoms with Crippen LogP contribution in [0.4, 0.5) is 4.39 Å². The van der Waals surface area contributed by atoms with Crippen molar-refractivity contribution in [2.45, 2.75) is 17.7 Å².